The lowest BCUT2D eigenvalue weighted by atomic mass is 10.00. The highest BCUT2D eigenvalue weighted by Gasteiger charge is 2.30. The number of hydrogen-bond donors (Lipinski definition) is 0. The fourth-order valence-electron chi connectivity index (χ4n) is 4.13. The van der Waals surface area contributed by atoms with Crippen LogP contribution in [0.1, 0.15) is 29.5 Å². The van der Waals surface area contributed by atoms with Gasteiger partial charge in [0.05, 0.1) is 23.6 Å². The SMILES string of the molecule is COCCC(=O)N1CCc2ccc(S(=O)(=O)N3CCCc4ccccc43)cc2C1. The molecule has 29 heavy (non-hydrogen) atoms. The number of para-hydroxylation sites is 1. The summed E-state index contributed by atoms with van der Waals surface area (Å²) in [6.45, 7) is 1.97. The average molecular weight is 415 g/mol. The molecule has 6 nitrogen and oxygen atoms in total. The molecule has 4 rings (SSSR count). The lowest BCUT2D eigenvalue weighted by Gasteiger charge is -2.32. The van der Waals surface area contributed by atoms with E-state index in [1.165, 1.54) is 4.31 Å². The average Bonchev–Trinajstić information content (AvgIpc) is 2.76. The summed E-state index contributed by atoms with van der Waals surface area (Å²) >= 11 is 0. The number of carbonyl (C=O) groups excluding carboxylic acids is 1. The molecule has 0 aromatic heterocycles. The molecule has 0 spiro atoms. The minimum atomic E-state index is -3.65. The van der Waals surface area contributed by atoms with Crippen LogP contribution in [-0.4, -0.2) is 46.0 Å². The normalized spacial score (nSPS) is 16.3. The van der Waals surface area contributed by atoms with E-state index in [9.17, 15) is 13.2 Å². The lowest BCUT2D eigenvalue weighted by Crippen LogP contribution is -2.37. The first-order valence-corrected chi connectivity index (χ1v) is 11.4. The molecular weight excluding hydrogens is 388 g/mol. The minimum Gasteiger partial charge on any atom is -0.384 e. The van der Waals surface area contributed by atoms with Crippen LogP contribution in [0.15, 0.2) is 47.4 Å². The molecule has 0 fully saturated rings. The number of sulfonamides is 1. The molecule has 0 N–H and O–H groups in total. The first kappa shape index (κ1) is 19.9. The maximum absolute atomic E-state index is 13.4. The highest BCUT2D eigenvalue weighted by molar-refractivity contribution is 7.92. The zero-order valence-corrected chi connectivity index (χ0v) is 17.5. The summed E-state index contributed by atoms with van der Waals surface area (Å²) in [5.41, 5.74) is 3.86. The predicted molar refractivity (Wildman–Crippen MR) is 111 cm³/mol. The fraction of sp³-hybridized carbons (Fsp3) is 0.409. The van der Waals surface area contributed by atoms with Crippen LogP contribution in [-0.2, 0) is 38.9 Å². The zero-order chi connectivity index (χ0) is 20.4. The Morgan fingerprint density at radius 3 is 2.69 bits per heavy atom. The summed E-state index contributed by atoms with van der Waals surface area (Å²) in [5, 5.41) is 0. The van der Waals surface area contributed by atoms with Crippen LogP contribution in [0.25, 0.3) is 0 Å². The van der Waals surface area contributed by atoms with Gasteiger partial charge in [0.25, 0.3) is 10.0 Å². The predicted octanol–water partition coefficient (Wildman–Crippen LogP) is 2.75. The quantitative estimate of drug-likeness (QED) is 0.755. The molecule has 0 atom stereocenters. The van der Waals surface area contributed by atoms with Gasteiger partial charge in [0.1, 0.15) is 0 Å². The lowest BCUT2D eigenvalue weighted by molar-refractivity contribution is -0.133. The molecule has 2 aliphatic rings. The van der Waals surface area contributed by atoms with E-state index in [1.54, 1.807) is 24.1 Å². The number of fused-ring (bicyclic) bond motifs is 2. The molecule has 0 bridgehead atoms. The molecule has 2 aromatic rings. The van der Waals surface area contributed by atoms with Crippen molar-refractivity contribution in [2.24, 2.45) is 0 Å². The van der Waals surface area contributed by atoms with Crippen LogP contribution in [0.3, 0.4) is 0 Å². The first-order valence-electron chi connectivity index (χ1n) is 10.00. The second-order valence-corrected chi connectivity index (χ2v) is 9.41. The molecular formula is C22H26N2O4S. The number of benzene rings is 2. The van der Waals surface area contributed by atoms with Gasteiger partial charge < -0.3 is 9.64 Å². The second-order valence-electron chi connectivity index (χ2n) is 7.55. The number of aryl methyl sites for hydroxylation is 1. The van der Waals surface area contributed by atoms with Crippen molar-refractivity contribution in [1.82, 2.24) is 4.90 Å². The number of anilines is 1. The Hall–Kier alpha value is -2.38. The number of ether oxygens (including phenoxy) is 1. The number of hydrogen-bond acceptors (Lipinski definition) is 4. The van der Waals surface area contributed by atoms with Crippen LogP contribution in [0.5, 0.6) is 0 Å². The molecule has 0 radical (unpaired) electrons. The topological polar surface area (TPSA) is 66.9 Å². The van der Waals surface area contributed by atoms with E-state index in [4.69, 9.17) is 4.74 Å². The molecule has 7 heteroatoms. The molecule has 2 aromatic carbocycles. The summed E-state index contributed by atoms with van der Waals surface area (Å²) in [6, 6.07) is 13.0. The van der Waals surface area contributed by atoms with E-state index in [0.717, 1.165) is 41.6 Å². The van der Waals surface area contributed by atoms with Crippen LogP contribution >= 0.6 is 0 Å². The number of nitrogens with zero attached hydrogens (tertiary/aromatic N) is 2. The number of methoxy groups -OCH3 is 1. The largest absolute Gasteiger partial charge is 0.384 e. The van der Waals surface area contributed by atoms with Crippen molar-refractivity contribution >= 4 is 21.6 Å². The highest BCUT2D eigenvalue weighted by Crippen LogP contribution is 2.33. The Balaban J connectivity index is 1.62. The van der Waals surface area contributed by atoms with Crippen molar-refractivity contribution < 1.29 is 17.9 Å². The van der Waals surface area contributed by atoms with Gasteiger partial charge in [-0.2, -0.15) is 0 Å². The van der Waals surface area contributed by atoms with E-state index in [1.807, 2.05) is 30.3 Å². The van der Waals surface area contributed by atoms with Crippen LogP contribution in [0.4, 0.5) is 5.69 Å². The van der Waals surface area contributed by atoms with Gasteiger partial charge in [0.2, 0.25) is 5.91 Å². The van der Waals surface area contributed by atoms with Gasteiger partial charge in [-0.3, -0.25) is 9.10 Å². The van der Waals surface area contributed by atoms with E-state index < -0.39 is 10.0 Å². The fourth-order valence-corrected chi connectivity index (χ4v) is 5.72. The molecule has 1 amide bonds. The monoisotopic (exact) mass is 414 g/mol. The van der Waals surface area contributed by atoms with Gasteiger partial charge >= 0.3 is 0 Å². The molecule has 0 unspecified atom stereocenters. The van der Waals surface area contributed by atoms with Crippen molar-refractivity contribution in [3.63, 3.8) is 0 Å². The van der Waals surface area contributed by atoms with Crippen molar-refractivity contribution in [1.29, 1.82) is 0 Å². The van der Waals surface area contributed by atoms with Crippen molar-refractivity contribution in [2.45, 2.75) is 37.1 Å². The van der Waals surface area contributed by atoms with Crippen molar-refractivity contribution in [3.8, 4) is 0 Å². The standard InChI is InChI=1S/C22H26N2O4S/c1-28-14-11-22(25)23-13-10-17-8-9-20(15-19(17)16-23)29(26,27)24-12-4-6-18-5-2-3-7-21(18)24/h2-3,5,7-9,15H,4,6,10-14,16H2,1H3. The van der Waals surface area contributed by atoms with E-state index in [0.29, 0.717) is 37.6 Å². The number of rotatable bonds is 5. The van der Waals surface area contributed by atoms with E-state index >= 15 is 0 Å². The van der Waals surface area contributed by atoms with Gasteiger partial charge in [0.15, 0.2) is 0 Å². The maximum atomic E-state index is 13.4. The summed E-state index contributed by atoms with van der Waals surface area (Å²) < 4.78 is 33.4. The third-order valence-electron chi connectivity index (χ3n) is 5.72. The summed E-state index contributed by atoms with van der Waals surface area (Å²) in [6.07, 6.45) is 2.78. The third kappa shape index (κ3) is 3.89. The van der Waals surface area contributed by atoms with Gasteiger partial charge in [0, 0.05) is 26.7 Å². The van der Waals surface area contributed by atoms with Crippen LogP contribution < -0.4 is 4.31 Å². The summed E-state index contributed by atoms with van der Waals surface area (Å²) in [5.74, 6) is 0.0377. The Morgan fingerprint density at radius 1 is 1.03 bits per heavy atom. The van der Waals surface area contributed by atoms with Crippen molar-refractivity contribution in [2.75, 3.05) is 31.1 Å². The Labute approximate surface area is 172 Å². The third-order valence-corrected chi connectivity index (χ3v) is 7.53. The second kappa shape index (κ2) is 8.16. The molecule has 154 valence electrons. The van der Waals surface area contributed by atoms with Crippen LogP contribution in [0, 0.1) is 0 Å². The molecule has 0 saturated heterocycles. The summed E-state index contributed by atoms with van der Waals surface area (Å²) in [7, 11) is -2.07. The molecule has 2 aliphatic heterocycles. The Kier molecular flexibility index (Phi) is 5.61. The summed E-state index contributed by atoms with van der Waals surface area (Å²) in [4.78, 5) is 14.4. The first-order chi connectivity index (χ1) is 14.0. The smallest absolute Gasteiger partial charge is 0.264 e. The molecule has 2 heterocycles. The van der Waals surface area contributed by atoms with Gasteiger partial charge in [-0.25, -0.2) is 8.42 Å². The van der Waals surface area contributed by atoms with Crippen molar-refractivity contribution in [3.05, 3.63) is 59.2 Å². The van der Waals surface area contributed by atoms with Gasteiger partial charge in [-0.15, -0.1) is 0 Å². The number of amides is 1. The maximum Gasteiger partial charge on any atom is 0.264 e. The molecule has 0 aliphatic carbocycles. The Bertz CT molecular complexity index is 1020. The number of carbonyl (C=O) groups is 1. The molecule has 0 saturated carbocycles. The van der Waals surface area contributed by atoms with Crippen LogP contribution in [0.2, 0.25) is 0 Å². The van der Waals surface area contributed by atoms with E-state index in [-0.39, 0.29) is 5.91 Å². The van der Waals surface area contributed by atoms with Gasteiger partial charge in [-0.05, 0) is 54.2 Å². The Morgan fingerprint density at radius 2 is 1.86 bits per heavy atom. The van der Waals surface area contributed by atoms with Gasteiger partial charge in [-0.1, -0.05) is 24.3 Å². The van der Waals surface area contributed by atoms with E-state index in [2.05, 4.69) is 0 Å². The highest BCUT2D eigenvalue weighted by atomic mass is 32.2. The zero-order valence-electron chi connectivity index (χ0n) is 16.6. The minimum absolute atomic E-state index is 0.0377.